The van der Waals surface area contributed by atoms with Gasteiger partial charge >= 0.3 is 0 Å². The summed E-state index contributed by atoms with van der Waals surface area (Å²) in [7, 11) is -3.31. The lowest BCUT2D eigenvalue weighted by molar-refractivity contribution is 0.607. The number of sulfonamides is 1. The van der Waals surface area contributed by atoms with Crippen molar-refractivity contribution in [2.75, 3.05) is 16.3 Å². The minimum absolute atomic E-state index is 0.118. The fourth-order valence-corrected chi connectivity index (χ4v) is 4.29. The van der Waals surface area contributed by atoms with Crippen LogP contribution in [0.5, 0.6) is 0 Å². The van der Waals surface area contributed by atoms with Gasteiger partial charge in [-0.2, -0.15) is 5.10 Å². The van der Waals surface area contributed by atoms with Crippen LogP contribution in [0.15, 0.2) is 60.9 Å². The lowest BCUT2D eigenvalue weighted by atomic mass is 9.97. The molecule has 1 aliphatic rings. The Labute approximate surface area is 161 Å². The highest BCUT2D eigenvalue weighted by Crippen LogP contribution is 2.43. The number of hydrogen-bond acceptors (Lipinski definition) is 5. The van der Waals surface area contributed by atoms with Gasteiger partial charge < -0.3 is 10.3 Å². The van der Waals surface area contributed by atoms with E-state index in [2.05, 4.69) is 31.3 Å². The first kappa shape index (κ1) is 16.8. The predicted molar refractivity (Wildman–Crippen MR) is 110 cm³/mol. The molecule has 2 aromatic carbocycles. The van der Waals surface area contributed by atoms with Crippen LogP contribution in [0.1, 0.15) is 17.2 Å². The maximum absolute atomic E-state index is 11.5. The van der Waals surface area contributed by atoms with Crippen molar-refractivity contribution >= 4 is 32.4 Å². The SMILES string of the molecule is CS(=O)(=O)Nc1ccc(C2Nc3ccccc3-c3cnnc4[nH]cc2c34)cc1. The summed E-state index contributed by atoms with van der Waals surface area (Å²) >= 11 is 0. The quantitative estimate of drug-likeness (QED) is 0.496. The number of hydrogen-bond donors (Lipinski definition) is 3. The second-order valence-corrected chi connectivity index (χ2v) is 8.59. The first-order valence-corrected chi connectivity index (χ1v) is 10.6. The highest BCUT2D eigenvalue weighted by molar-refractivity contribution is 7.92. The van der Waals surface area contributed by atoms with Gasteiger partial charge in [0, 0.05) is 39.6 Å². The largest absolute Gasteiger partial charge is 0.374 e. The Morgan fingerprint density at radius 2 is 1.82 bits per heavy atom. The molecule has 3 N–H and O–H groups in total. The van der Waals surface area contributed by atoms with E-state index < -0.39 is 10.0 Å². The van der Waals surface area contributed by atoms with E-state index in [-0.39, 0.29) is 6.04 Å². The second kappa shape index (κ2) is 6.07. The summed E-state index contributed by atoms with van der Waals surface area (Å²) < 4.78 is 25.4. The predicted octanol–water partition coefficient (Wildman–Crippen LogP) is 3.51. The number of anilines is 2. The molecule has 0 spiro atoms. The van der Waals surface area contributed by atoms with Crippen molar-refractivity contribution in [2.45, 2.75) is 6.04 Å². The molecule has 1 unspecified atom stereocenters. The third-order valence-electron chi connectivity index (χ3n) is 4.88. The lowest BCUT2D eigenvalue weighted by Crippen LogP contribution is -2.12. The third kappa shape index (κ3) is 2.78. The molecule has 0 radical (unpaired) electrons. The van der Waals surface area contributed by atoms with Gasteiger partial charge in [0.1, 0.15) is 0 Å². The van der Waals surface area contributed by atoms with E-state index in [4.69, 9.17) is 0 Å². The van der Waals surface area contributed by atoms with E-state index >= 15 is 0 Å². The van der Waals surface area contributed by atoms with Gasteiger partial charge in [-0.3, -0.25) is 4.72 Å². The molecule has 2 aromatic heterocycles. The van der Waals surface area contributed by atoms with Gasteiger partial charge in [0.05, 0.1) is 18.5 Å². The molecule has 0 fully saturated rings. The van der Waals surface area contributed by atoms with Crippen molar-refractivity contribution in [2.24, 2.45) is 0 Å². The summed E-state index contributed by atoms with van der Waals surface area (Å²) in [5.41, 5.74) is 6.47. The average Bonchev–Trinajstić information content (AvgIpc) is 3.04. The Kier molecular flexibility index (Phi) is 3.63. The van der Waals surface area contributed by atoms with Crippen LogP contribution in [0.25, 0.3) is 22.2 Å². The number of H-pyrrole nitrogens is 1. The Hall–Kier alpha value is -3.39. The molecular formula is C20H17N5O2S. The van der Waals surface area contributed by atoms with Crippen molar-refractivity contribution < 1.29 is 8.42 Å². The molecule has 28 heavy (non-hydrogen) atoms. The molecule has 1 aliphatic heterocycles. The number of nitrogens with zero attached hydrogens (tertiary/aromatic N) is 2. The molecule has 8 heteroatoms. The van der Waals surface area contributed by atoms with Crippen LogP contribution < -0.4 is 10.0 Å². The zero-order valence-electron chi connectivity index (χ0n) is 15.0. The summed E-state index contributed by atoms with van der Waals surface area (Å²) in [5.74, 6) is 0. The maximum Gasteiger partial charge on any atom is 0.229 e. The number of para-hydroxylation sites is 1. The first-order chi connectivity index (χ1) is 13.5. The highest BCUT2D eigenvalue weighted by Gasteiger charge is 2.26. The maximum atomic E-state index is 11.5. The average molecular weight is 391 g/mol. The summed E-state index contributed by atoms with van der Waals surface area (Å²) in [6, 6.07) is 15.4. The number of aromatic amines is 1. The molecule has 0 amide bonds. The Bertz CT molecular complexity index is 1300. The Morgan fingerprint density at radius 3 is 2.61 bits per heavy atom. The monoisotopic (exact) mass is 391 g/mol. The van der Waals surface area contributed by atoms with Crippen LogP contribution in [-0.2, 0) is 10.0 Å². The van der Waals surface area contributed by atoms with Crippen LogP contribution in [0.3, 0.4) is 0 Å². The summed E-state index contributed by atoms with van der Waals surface area (Å²) in [4.78, 5) is 3.22. The van der Waals surface area contributed by atoms with Crippen molar-refractivity contribution in [1.29, 1.82) is 0 Å². The first-order valence-electron chi connectivity index (χ1n) is 8.76. The van der Waals surface area contributed by atoms with Gasteiger partial charge in [0.25, 0.3) is 0 Å². The fourth-order valence-electron chi connectivity index (χ4n) is 3.73. The smallest absolute Gasteiger partial charge is 0.229 e. The lowest BCUT2D eigenvalue weighted by Gasteiger charge is -2.20. The van der Waals surface area contributed by atoms with E-state index in [0.29, 0.717) is 5.69 Å². The van der Waals surface area contributed by atoms with Crippen molar-refractivity contribution in [3.05, 3.63) is 72.1 Å². The van der Waals surface area contributed by atoms with Gasteiger partial charge in [-0.25, -0.2) is 8.42 Å². The van der Waals surface area contributed by atoms with E-state index in [1.54, 1.807) is 18.3 Å². The molecule has 0 saturated heterocycles. The molecule has 140 valence electrons. The van der Waals surface area contributed by atoms with Crippen molar-refractivity contribution in [3.63, 3.8) is 0 Å². The van der Waals surface area contributed by atoms with Crippen LogP contribution >= 0.6 is 0 Å². The van der Waals surface area contributed by atoms with Gasteiger partial charge in [-0.1, -0.05) is 30.3 Å². The second-order valence-electron chi connectivity index (χ2n) is 6.85. The van der Waals surface area contributed by atoms with E-state index in [0.717, 1.165) is 45.2 Å². The molecule has 0 bridgehead atoms. The Balaban J connectivity index is 1.67. The molecule has 5 rings (SSSR count). The van der Waals surface area contributed by atoms with Gasteiger partial charge in [-0.15, -0.1) is 5.10 Å². The van der Waals surface area contributed by atoms with Gasteiger partial charge in [-0.05, 0) is 23.8 Å². The van der Waals surface area contributed by atoms with E-state index in [1.807, 2.05) is 36.5 Å². The number of fused-ring (bicyclic) bond motifs is 2. The van der Waals surface area contributed by atoms with Crippen LogP contribution in [0.4, 0.5) is 11.4 Å². The number of benzene rings is 2. The van der Waals surface area contributed by atoms with Gasteiger partial charge in [0.15, 0.2) is 5.65 Å². The van der Waals surface area contributed by atoms with Crippen LogP contribution in [0, 0.1) is 0 Å². The summed E-state index contributed by atoms with van der Waals surface area (Å²) in [6.07, 6.45) is 4.88. The number of aromatic nitrogens is 3. The minimum Gasteiger partial charge on any atom is -0.374 e. The molecule has 4 aromatic rings. The molecule has 0 aliphatic carbocycles. The number of rotatable bonds is 3. The van der Waals surface area contributed by atoms with Crippen molar-refractivity contribution in [1.82, 2.24) is 15.2 Å². The summed E-state index contributed by atoms with van der Waals surface area (Å²) in [6.45, 7) is 0. The fraction of sp³-hybridized carbons (Fsp3) is 0.100. The highest BCUT2D eigenvalue weighted by atomic mass is 32.2. The zero-order valence-corrected chi connectivity index (χ0v) is 15.8. The zero-order chi connectivity index (χ0) is 19.3. The van der Waals surface area contributed by atoms with Gasteiger partial charge in [0.2, 0.25) is 10.0 Å². The Morgan fingerprint density at radius 1 is 1.04 bits per heavy atom. The topological polar surface area (TPSA) is 99.8 Å². The molecule has 7 nitrogen and oxygen atoms in total. The standard InChI is InChI=1S/C20H17N5O2S/c1-28(26,27)25-13-8-6-12(7-9-13)19-16-10-21-20-18(16)15(11-22-24-20)14-4-2-3-5-17(14)23-19/h2-11,19,23,25H,1H3,(H,21,24). The molecular weight excluding hydrogens is 374 g/mol. The van der Waals surface area contributed by atoms with Crippen LogP contribution in [-0.4, -0.2) is 29.9 Å². The number of nitrogens with one attached hydrogen (secondary N) is 3. The molecule has 3 heterocycles. The van der Waals surface area contributed by atoms with Crippen molar-refractivity contribution in [3.8, 4) is 11.1 Å². The van der Waals surface area contributed by atoms with E-state index in [1.165, 1.54) is 0 Å². The minimum atomic E-state index is -3.31. The molecule has 0 saturated carbocycles. The molecule has 1 atom stereocenters. The van der Waals surface area contributed by atoms with Crippen LogP contribution in [0.2, 0.25) is 0 Å². The summed E-state index contributed by atoms with van der Waals surface area (Å²) in [5, 5.41) is 13.0. The third-order valence-corrected chi connectivity index (χ3v) is 5.49. The normalized spacial score (nSPS) is 15.5. The van der Waals surface area contributed by atoms with E-state index in [9.17, 15) is 8.42 Å².